The molecule has 0 saturated carbocycles. The molecule has 0 aliphatic rings. The van der Waals surface area contributed by atoms with E-state index in [0.29, 0.717) is 17.5 Å². The third kappa shape index (κ3) is 4.77. The van der Waals surface area contributed by atoms with E-state index in [9.17, 15) is 0 Å². The van der Waals surface area contributed by atoms with Crippen LogP contribution in [0.4, 0.5) is 0 Å². The summed E-state index contributed by atoms with van der Waals surface area (Å²) in [7, 11) is 0. The zero-order valence-corrected chi connectivity index (χ0v) is 31.4. The van der Waals surface area contributed by atoms with Gasteiger partial charge >= 0.3 is 0 Å². The highest BCUT2D eigenvalue weighted by Crippen LogP contribution is 2.41. The summed E-state index contributed by atoms with van der Waals surface area (Å²) < 4.78 is 15.0. The van der Waals surface area contributed by atoms with E-state index in [1.54, 1.807) is 0 Å². The molecule has 0 bridgehead atoms. The third-order valence-electron chi connectivity index (χ3n) is 11.8. The average molecular weight is 755 g/mol. The van der Waals surface area contributed by atoms with Crippen molar-refractivity contribution in [1.82, 2.24) is 19.5 Å². The van der Waals surface area contributed by atoms with Gasteiger partial charge in [0.2, 0.25) is 0 Å². The monoisotopic (exact) mass is 754 g/mol. The van der Waals surface area contributed by atoms with Crippen LogP contribution in [0.15, 0.2) is 191 Å². The SMILES string of the molecule is c1ccc2c(c1)cc(-n1c3ccccc3c3cc(-c4nc(-c5ccc6c(c5)oc5ccccc56)nc(-c5cccc6oc7ccccc7c56)n4)ccc31)c1ccccc12. The normalized spacial score (nSPS) is 12.1. The number of para-hydroxylation sites is 3. The van der Waals surface area contributed by atoms with E-state index in [-0.39, 0.29) is 0 Å². The number of furan rings is 2. The summed E-state index contributed by atoms with van der Waals surface area (Å²) in [5.74, 6) is 1.70. The van der Waals surface area contributed by atoms with Crippen molar-refractivity contribution in [3.63, 3.8) is 0 Å². The predicted octanol–water partition coefficient (Wildman–Crippen LogP) is 14.1. The number of benzene rings is 9. The summed E-state index contributed by atoms with van der Waals surface area (Å²) >= 11 is 0. The summed E-state index contributed by atoms with van der Waals surface area (Å²) in [6.45, 7) is 0. The summed E-state index contributed by atoms with van der Waals surface area (Å²) in [6.07, 6.45) is 0. The molecule has 274 valence electrons. The van der Waals surface area contributed by atoms with Crippen LogP contribution in [0.5, 0.6) is 0 Å². The first-order valence-electron chi connectivity index (χ1n) is 19.8. The van der Waals surface area contributed by atoms with Crippen LogP contribution < -0.4 is 0 Å². The second kappa shape index (κ2) is 12.2. The summed E-state index contributed by atoms with van der Waals surface area (Å²) in [5, 5.41) is 11.3. The molecule has 9 aromatic carbocycles. The molecule has 0 radical (unpaired) electrons. The summed E-state index contributed by atoms with van der Waals surface area (Å²) in [5.41, 5.74) is 9.23. The summed E-state index contributed by atoms with van der Waals surface area (Å²) in [6, 6.07) is 63.4. The minimum Gasteiger partial charge on any atom is -0.456 e. The summed E-state index contributed by atoms with van der Waals surface area (Å²) in [4.78, 5) is 15.7. The molecule has 0 amide bonds. The smallest absolute Gasteiger partial charge is 0.164 e. The fraction of sp³-hybridized carbons (Fsp3) is 0. The van der Waals surface area contributed by atoms with Crippen LogP contribution in [-0.4, -0.2) is 19.5 Å². The lowest BCUT2D eigenvalue weighted by Gasteiger charge is -2.14. The van der Waals surface area contributed by atoms with Crippen molar-refractivity contribution in [3.8, 4) is 39.9 Å². The third-order valence-corrected chi connectivity index (χ3v) is 11.8. The maximum absolute atomic E-state index is 6.33. The van der Waals surface area contributed by atoms with Crippen molar-refractivity contribution in [2.45, 2.75) is 0 Å². The fourth-order valence-electron chi connectivity index (χ4n) is 9.17. The van der Waals surface area contributed by atoms with E-state index < -0.39 is 0 Å². The van der Waals surface area contributed by atoms with Crippen LogP contribution in [0.2, 0.25) is 0 Å². The van der Waals surface area contributed by atoms with E-state index in [1.165, 1.54) is 21.5 Å². The van der Waals surface area contributed by atoms with Gasteiger partial charge in [0.1, 0.15) is 22.3 Å². The first-order chi connectivity index (χ1) is 29.2. The fourth-order valence-corrected chi connectivity index (χ4v) is 9.17. The van der Waals surface area contributed by atoms with Crippen molar-refractivity contribution in [2.75, 3.05) is 0 Å². The molecule has 13 aromatic rings. The van der Waals surface area contributed by atoms with Crippen molar-refractivity contribution in [2.24, 2.45) is 0 Å². The van der Waals surface area contributed by atoms with Crippen LogP contribution in [0.1, 0.15) is 0 Å². The quantitative estimate of drug-likeness (QED) is 0.167. The van der Waals surface area contributed by atoms with Gasteiger partial charge in [-0.1, -0.05) is 121 Å². The Morgan fingerprint density at radius 3 is 1.76 bits per heavy atom. The highest BCUT2D eigenvalue weighted by molar-refractivity contribution is 6.16. The first-order valence-corrected chi connectivity index (χ1v) is 19.8. The van der Waals surface area contributed by atoms with Crippen molar-refractivity contribution in [3.05, 3.63) is 182 Å². The Morgan fingerprint density at radius 2 is 0.915 bits per heavy atom. The van der Waals surface area contributed by atoms with Gasteiger partial charge in [0.15, 0.2) is 17.5 Å². The molecule has 4 aromatic heterocycles. The number of fused-ring (bicyclic) bond motifs is 12. The Morgan fingerprint density at radius 1 is 0.339 bits per heavy atom. The largest absolute Gasteiger partial charge is 0.456 e. The van der Waals surface area contributed by atoms with E-state index in [1.807, 2.05) is 54.6 Å². The van der Waals surface area contributed by atoms with Crippen LogP contribution >= 0.6 is 0 Å². The molecule has 0 spiro atoms. The van der Waals surface area contributed by atoms with Crippen LogP contribution in [-0.2, 0) is 0 Å². The Hall–Kier alpha value is -8.09. The van der Waals surface area contributed by atoms with Gasteiger partial charge in [0.05, 0.1) is 16.7 Å². The molecule has 0 aliphatic carbocycles. The second-order valence-corrected chi connectivity index (χ2v) is 15.1. The van der Waals surface area contributed by atoms with Crippen molar-refractivity contribution in [1.29, 1.82) is 0 Å². The molecule has 0 aliphatic heterocycles. The molecule has 6 nitrogen and oxygen atoms in total. The lowest BCUT2D eigenvalue weighted by Crippen LogP contribution is -2.00. The van der Waals surface area contributed by atoms with E-state index >= 15 is 0 Å². The Kier molecular flexibility index (Phi) is 6.63. The highest BCUT2D eigenvalue weighted by atomic mass is 16.3. The van der Waals surface area contributed by atoms with Crippen molar-refractivity contribution >= 4 is 87.2 Å². The Balaban J connectivity index is 1.06. The average Bonchev–Trinajstić information content (AvgIpc) is 3.98. The molecule has 13 rings (SSSR count). The molecule has 6 heteroatoms. The van der Waals surface area contributed by atoms with Gasteiger partial charge in [0, 0.05) is 54.4 Å². The maximum Gasteiger partial charge on any atom is 0.164 e. The zero-order chi connectivity index (χ0) is 38.6. The van der Waals surface area contributed by atoms with Crippen LogP contribution in [0.3, 0.4) is 0 Å². The van der Waals surface area contributed by atoms with Crippen molar-refractivity contribution < 1.29 is 8.83 Å². The number of rotatable bonds is 4. The molecule has 0 fully saturated rings. The van der Waals surface area contributed by atoms with Gasteiger partial charge in [-0.3, -0.25) is 0 Å². The Labute approximate surface area is 336 Å². The second-order valence-electron chi connectivity index (χ2n) is 15.1. The number of hydrogen-bond acceptors (Lipinski definition) is 5. The van der Waals surface area contributed by atoms with Crippen LogP contribution in [0.25, 0.3) is 127 Å². The molecule has 4 heterocycles. The minimum atomic E-state index is 0.558. The van der Waals surface area contributed by atoms with E-state index in [4.69, 9.17) is 23.8 Å². The number of hydrogen-bond donors (Lipinski definition) is 0. The number of nitrogens with zero attached hydrogens (tertiary/aromatic N) is 4. The lowest BCUT2D eigenvalue weighted by atomic mass is 10.00. The van der Waals surface area contributed by atoms with Gasteiger partial charge < -0.3 is 13.4 Å². The topological polar surface area (TPSA) is 69.9 Å². The highest BCUT2D eigenvalue weighted by Gasteiger charge is 2.21. The van der Waals surface area contributed by atoms with E-state index in [2.05, 4.69) is 132 Å². The standard InChI is InChI=1S/C53H30N4O2/c1-2-13-34-31(12-1)29-45(36-15-4-3-14-35(34)36)57-43-20-8-5-16-37(43)42-28-32(25-27-44(42)57)51-54-52(33-24-26-39-38-17-6-9-21-46(38)59-49(39)30-33)56-53(55-51)41-19-11-23-48-50(41)40-18-7-10-22-47(40)58-48/h1-30H. The van der Waals surface area contributed by atoms with E-state index in [0.717, 1.165) is 88.1 Å². The molecular formula is C53H30N4O2. The van der Waals surface area contributed by atoms with Gasteiger partial charge in [-0.15, -0.1) is 0 Å². The predicted molar refractivity (Wildman–Crippen MR) is 240 cm³/mol. The minimum absolute atomic E-state index is 0.558. The molecule has 0 atom stereocenters. The van der Waals surface area contributed by atoms with Gasteiger partial charge in [0.25, 0.3) is 0 Å². The maximum atomic E-state index is 6.33. The van der Waals surface area contributed by atoms with Crippen LogP contribution in [0, 0.1) is 0 Å². The van der Waals surface area contributed by atoms with Gasteiger partial charge in [-0.2, -0.15) is 0 Å². The molecular weight excluding hydrogens is 725 g/mol. The molecule has 0 saturated heterocycles. The molecule has 59 heavy (non-hydrogen) atoms. The molecule has 0 unspecified atom stereocenters. The first kappa shape index (κ1) is 32.0. The van der Waals surface area contributed by atoms with Gasteiger partial charge in [-0.05, 0) is 76.8 Å². The van der Waals surface area contributed by atoms with Gasteiger partial charge in [-0.25, -0.2) is 15.0 Å². The lowest BCUT2D eigenvalue weighted by molar-refractivity contribution is 0.668. The number of aromatic nitrogens is 4. The Bertz CT molecular complexity index is 3870. The molecule has 0 N–H and O–H groups in total. The zero-order valence-electron chi connectivity index (χ0n) is 31.4.